The molecule has 4 heteroatoms. The van der Waals surface area contributed by atoms with E-state index in [9.17, 15) is 4.79 Å². The maximum Gasteiger partial charge on any atom is 0.189 e. The lowest BCUT2D eigenvalue weighted by Gasteiger charge is -2.08. The molecule has 2 aromatic carbocycles. The number of halogens is 1. The van der Waals surface area contributed by atoms with Crippen molar-refractivity contribution < 1.29 is 9.53 Å². The van der Waals surface area contributed by atoms with Gasteiger partial charge in [0, 0.05) is 5.02 Å². The van der Waals surface area contributed by atoms with Gasteiger partial charge in [-0.1, -0.05) is 35.9 Å². The Morgan fingerprint density at radius 2 is 1.95 bits per heavy atom. The molecule has 2 nitrogen and oxygen atoms in total. The zero-order valence-electron chi connectivity index (χ0n) is 10.7. The summed E-state index contributed by atoms with van der Waals surface area (Å²) in [5.41, 5.74) is 1.71. The predicted molar refractivity (Wildman–Crippen MR) is 81.5 cm³/mol. The van der Waals surface area contributed by atoms with Gasteiger partial charge in [-0.15, -0.1) is 0 Å². The molecule has 2 rings (SSSR count). The van der Waals surface area contributed by atoms with Crippen LogP contribution in [0.25, 0.3) is 0 Å². The van der Waals surface area contributed by atoms with Crippen LogP contribution in [-0.2, 0) is 0 Å². The second kappa shape index (κ2) is 6.18. The predicted octanol–water partition coefficient (Wildman–Crippen LogP) is 3.80. The average Bonchev–Trinajstić information content (AvgIpc) is 2.41. The van der Waals surface area contributed by atoms with Crippen molar-refractivity contribution >= 4 is 31.0 Å². The summed E-state index contributed by atoms with van der Waals surface area (Å²) in [4.78, 5) is 12.3. The molecular weight excluding hydrogens is 279 g/mol. The van der Waals surface area contributed by atoms with Gasteiger partial charge in [-0.25, -0.2) is 0 Å². The van der Waals surface area contributed by atoms with Crippen LogP contribution in [0.2, 0.25) is 5.02 Å². The lowest BCUT2D eigenvalue weighted by atomic mass is 10.2. The minimum Gasteiger partial charge on any atom is -0.496 e. The van der Waals surface area contributed by atoms with Crippen molar-refractivity contribution in [3.8, 4) is 5.75 Å². The molecule has 98 valence electrons. The Hall–Kier alpha value is -1.37. The molecule has 0 aliphatic rings. The number of rotatable bonds is 4. The van der Waals surface area contributed by atoms with Gasteiger partial charge in [0.2, 0.25) is 0 Å². The van der Waals surface area contributed by atoms with Gasteiger partial charge in [-0.3, -0.25) is 4.79 Å². The fourth-order valence-electron chi connectivity index (χ4n) is 1.74. The van der Waals surface area contributed by atoms with Gasteiger partial charge in [0.05, 0.1) is 12.7 Å². The summed E-state index contributed by atoms with van der Waals surface area (Å²) in [6, 6.07) is 13.0. The van der Waals surface area contributed by atoms with Crippen molar-refractivity contribution in [1.29, 1.82) is 0 Å². The van der Waals surface area contributed by atoms with E-state index in [4.69, 9.17) is 16.3 Å². The topological polar surface area (TPSA) is 26.3 Å². The summed E-state index contributed by atoms with van der Waals surface area (Å²) in [6.07, 6.45) is 0. The SMILES string of the molecule is COc1ccccc1C(=O)Pc1ccc(C)cc1Cl. The third-order valence-electron chi connectivity index (χ3n) is 2.72. The van der Waals surface area contributed by atoms with Gasteiger partial charge in [-0.2, -0.15) is 0 Å². The van der Waals surface area contributed by atoms with Crippen molar-refractivity contribution in [2.75, 3.05) is 7.11 Å². The van der Waals surface area contributed by atoms with Gasteiger partial charge >= 0.3 is 0 Å². The van der Waals surface area contributed by atoms with E-state index in [1.54, 1.807) is 19.2 Å². The molecule has 19 heavy (non-hydrogen) atoms. The Morgan fingerprint density at radius 1 is 1.21 bits per heavy atom. The third-order valence-corrected chi connectivity index (χ3v) is 4.40. The molecule has 1 atom stereocenters. The maximum absolute atomic E-state index is 12.3. The van der Waals surface area contributed by atoms with Crippen molar-refractivity contribution in [3.63, 3.8) is 0 Å². The summed E-state index contributed by atoms with van der Waals surface area (Å²) >= 11 is 6.16. The lowest BCUT2D eigenvalue weighted by Crippen LogP contribution is -2.04. The van der Waals surface area contributed by atoms with Crippen LogP contribution in [0.5, 0.6) is 5.75 Å². The molecule has 0 fully saturated rings. The second-order valence-corrected chi connectivity index (χ2v) is 5.79. The van der Waals surface area contributed by atoms with Crippen molar-refractivity contribution in [2.45, 2.75) is 6.92 Å². The highest BCUT2D eigenvalue weighted by Gasteiger charge is 2.13. The minimum absolute atomic E-state index is 0.000540. The normalized spacial score (nSPS) is 10.9. The highest BCUT2D eigenvalue weighted by molar-refractivity contribution is 7.66. The smallest absolute Gasteiger partial charge is 0.189 e. The fourth-order valence-corrected chi connectivity index (χ4v) is 3.06. The molecule has 0 bridgehead atoms. The van der Waals surface area contributed by atoms with Gasteiger partial charge in [0.25, 0.3) is 0 Å². The summed E-state index contributed by atoms with van der Waals surface area (Å²) in [6.45, 7) is 1.97. The number of methoxy groups -OCH3 is 1. The molecule has 0 heterocycles. The molecule has 2 aromatic rings. The van der Waals surface area contributed by atoms with Crippen molar-refractivity contribution in [3.05, 3.63) is 58.6 Å². The number of ether oxygens (including phenoxy) is 1. The average molecular weight is 293 g/mol. The lowest BCUT2D eigenvalue weighted by molar-refractivity contribution is 0.108. The van der Waals surface area contributed by atoms with E-state index in [1.165, 1.54) is 0 Å². The molecule has 0 amide bonds. The van der Waals surface area contributed by atoms with Crippen LogP contribution in [0.1, 0.15) is 15.9 Å². The summed E-state index contributed by atoms with van der Waals surface area (Å²) in [7, 11) is 1.56. The number of hydrogen-bond acceptors (Lipinski definition) is 2. The molecule has 0 aliphatic heterocycles. The monoisotopic (exact) mass is 292 g/mol. The number of benzene rings is 2. The summed E-state index contributed by atoms with van der Waals surface area (Å²) in [5, 5.41) is 1.50. The van der Waals surface area contributed by atoms with Gasteiger partial charge in [0.1, 0.15) is 5.75 Å². The van der Waals surface area contributed by atoms with Gasteiger partial charge in [-0.05, 0) is 44.6 Å². The molecule has 1 unspecified atom stereocenters. The first-order valence-electron chi connectivity index (χ1n) is 5.82. The summed E-state index contributed by atoms with van der Waals surface area (Å²) in [5.74, 6) is 0.600. The Bertz CT molecular complexity index is 611. The number of para-hydroxylation sites is 1. The van der Waals surface area contributed by atoms with E-state index in [0.717, 1.165) is 10.9 Å². The Labute approximate surface area is 119 Å². The quantitative estimate of drug-likeness (QED) is 0.801. The Morgan fingerprint density at radius 3 is 2.63 bits per heavy atom. The van der Waals surface area contributed by atoms with Crippen LogP contribution in [-0.4, -0.2) is 12.6 Å². The second-order valence-electron chi connectivity index (χ2n) is 4.14. The van der Waals surface area contributed by atoms with E-state index in [1.807, 2.05) is 37.3 Å². The van der Waals surface area contributed by atoms with Crippen LogP contribution < -0.4 is 10.0 Å². The van der Waals surface area contributed by atoms with E-state index in [0.29, 0.717) is 16.3 Å². The third kappa shape index (κ3) is 3.34. The number of aryl methyl sites for hydroxylation is 1. The standard InChI is InChI=1S/C15H14ClO2P/c1-10-7-8-14(12(16)9-10)19-15(17)11-5-3-4-6-13(11)18-2/h3-9,19H,1-2H3. The van der Waals surface area contributed by atoms with Crippen LogP contribution in [0.15, 0.2) is 42.5 Å². The molecule has 0 spiro atoms. The molecule has 0 saturated heterocycles. The first-order valence-corrected chi connectivity index (χ1v) is 7.20. The van der Waals surface area contributed by atoms with Gasteiger partial charge < -0.3 is 4.74 Å². The molecule has 0 N–H and O–H groups in total. The van der Waals surface area contributed by atoms with Crippen LogP contribution in [0.4, 0.5) is 0 Å². The summed E-state index contributed by atoms with van der Waals surface area (Å²) < 4.78 is 5.20. The highest BCUT2D eigenvalue weighted by atomic mass is 35.5. The number of carbonyl (C=O) groups is 1. The maximum atomic E-state index is 12.3. The van der Waals surface area contributed by atoms with Gasteiger partial charge in [0.15, 0.2) is 5.52 Å². The van der Waals surface area contributed by atoms with E-state index in [-0.39, 0.29) is 14.1 Å². The van der Waals surface area contributed by atoms with Crippen molar-refractivity contribution in [2.24, 2.45) is 0 Å². The number of hydrogen-bond donors (Lipinski definition) is 0. The molecule has 0 aromatic heterocycles. The Balaban J connectivity index is 2.26. The van der Waals surface area contributed by atoms with Crippen molar-refractivity contribution in [1.82, 2.24) is 0 Å². The zero-order chi connectivity index (χ0) is 13.8. The van der Waals surface area contributed by atoms with Crippen LogP contribution in [0, 0.1) is 6.92 Å². The fraction of sp³-hybridized carbons (Fsp3) is 0.133. The minimum atomic E-state index is -0.000540. The molecule has 0 radical (unpaired) electrons. The zero-order valence-corrected chi connectivity index (χ0v) is 12.5. The van der Waals surface area contributed by atoms with E-state index < -0.39 is 0 Å². The first-order chi connectivity index (χ1) is 9.11. The van der Waals surface area contributed by atoms with Crippen LogP contribution in [0.3, 0.4) is 0 Å². The van der Waals surface area contributed by atoms with E-state index in [2.05, 4.69) is 0 Å². The molecule has 0 saturated carbocycles. The van der Waals surface area contributed by atoms with Crippen LogP contribution >= 0.6 is 20.2 Å². The Kier molecular flexibility index (Phi) is 4.57. The number of carbonyl (C=O) groups excluding carboxylic acids is 1. The largest absolute Gasteiger partial charge is 0.496 e. The molecular formula is C15H14ClO2P. The highest BCUT2D eigenvalue weighted by Crippen LogP contribution is 2.28. The van der Waals surface area contributed by atoms with E-state index >= 15 is 0 Å². The molecule has 0 aliphatic carbocycles. The first kappa shape index (κ1) is 14.0.